The molecule has 1 heterocycles. The van der Waals surface area contributed by atoms with E-state index in [1.807, 2.05) is 32.0 Å². The highest BCUT2D eigenvalue weighted by molar-refractivity contribution is 6.07. The number of carbonyl (C=O) groups excluding carboxylic acids is 1. The number of nitrogens with one attached hydrogen (secondary N) is 1. The Morgan fingerprint density at radius 3 is 2.72 bits per heavy atom. The molecule has 1 aromatic rings. The Balaban J connectivity index is 2.45. The number of rotatable bonds is 3. The number of anilines is 1. The van der Waals surface area contributed by atoms with Crippen LogP contribution in [0.4, 0.5) is 5.69 Å². The Labute approximate surface area is 108 Å². The Morgan fingerprint density at radius 1 is 1.44 bits per heavy atom. The molecule has 2 N–H and O–H groups in total. The fourth-order valence-electron chi connectivity index (χ4n) is 2.51. The van der Waals surface area contributed by atoms with Crippen LogP contribution in [-0.2, 0) is 10.2 Å². The van der Waals surface area contributed by atoms with Crippen molar-refractivity contribution < 1.29 is 9.90 Å². The molecule has 4 nitrogen and oxygen atoms in total. The van der Waals surface area contributed by atoms with Crippen molar-refractivity contribution in [2.75, 3.05) is 25.5 Å². The second kappa shape index (κ2) is 4.37. The zero-order valence-corrected chi connectivity index (χ0v) is 11.3. The fraction of sp³-hybridized carbons (Fsp3) is 0.500. The van der Waals surface area contributed by atoms with Gasteiger partial charge in [0, 0.05) is 19.3 Å². The van der Waals surface area contributed by atoms with Gasteiger partial charge >= 0.3 is 0 Å². The summed E-state index contributed by atoms with van der Waals surface area (Å²) in [6, 6.07) is 5.74. The van der Waals surface area contributed by atoms with E-state index in [4.69, 9.17) is 0 Å². The minimum Gasteiger partial charge on any atom is -0.387 e. The summed E-state index contributed by atoms with van der Waals surface area (Å²) in [5.41, 5.74) is 2.26. The quantitative estimate of drug-likeness (QED) is 0.845. The van der Waals surface area contributed by atoms with Gasteiger partial charge in [0.05, 0.1) is 11.5 Å². The molecule has 0 saturated heterocycles. The molecule has 1 aromatic carbocycles. The van der Waals surface area contributed by atoms with E-state index < -0.39 is 11.5 Å². The third-order valence-corrected chi connectivity index (χ3v) is 3.68. The summed E-state index contributed by atoms with van der Waals surface area (Å²) < 4.78 is 0. The first-order chi connectivity index (χ1) is 8.39. The minimum absolute atomic E-state index is 0.0951. The number of benzene rings is 1. The highest BCUT2D eigenvalue weighted by atomic mass is 16.3. The van der Waals surface area contributed by atoms with Crippen LogP contribution < -0.4 is 10.2 Å². The van der Waals surface area contributed by atoms with Crippen molar-refractivity contribution in [1.82, 2.24) is 5.32 Å². The second-order valence-electron chi connectivity index (χ2n) is 5.34. The maximum absolute atomic E-state index is 12.1. The fourth-order valence-corrected chi connectivity index (χ4v) is 2.51. The summed E-state index contributed by atoms with van der Waals surface area (Å²) >= 11 is 0. The lowest BCUT2D eigenvalue weighted by atomic mass is 9.85. The van der Waals surface area contributed by atoms with E-state index in [1.54, 1.807) is 19.0 Å². The van der Waals surface area contributed by atoms with E-state index in [2.05, 4.69) is 5.32 Å². The van der Waals surface area contributed by atoms with Crippen LogP contribution in [0.15, 0.2) is 18.2 Å². The number of hydrogen-bond acceptors (Lipinski definition) is 3. The molecule has 18 heavy (non-hydrogen) atoms. The molecule has 0 aliphatic carbocycles. The first-order valence-electron chi connectivity index (χ1n) is 6.15. The molecular weight excluding hydrogens is 228 g/mol. The zero-order chi connectivity index (χ0) is 13.5. The van der Waals surface area contributed by atoms with Gasteiger partial charge in [-0.1, -0.05) is 12.1 Å². The molecule has 4 heteroatoms. The van der Waals surface area contributed by atoms with Gasteiger partial charge in [-0.15, -0.1) is 0 Å². The summed E-state index contributed by atoms with van der Waals surface area (Å²) in [6.07, 6.45) is -0.544. The van der Waals surface area contributed by atoms with E-state index in [-0.39, 0.29) is 5.91 Å². The molecule has 2 rings (SSSR count). The lowest BCUT2D eigenvalue weighted by Crippen LogP contribution is -2.33. The highest BCUT2D eigenvalue weighted by Gasteiger charge is 2.42. The summed E-state index contributed by atoms with van der Waals surface area (Å²) in [5, 5.41) is 12.9. The number of nitrogens with zero attached hydrogens (tertiary/aromatic N) is 1. The van der Waals surface area contributed by atoms with Gasteiger partial charge < -0.3 is 15.3 Å². The molecule has 1 amide bonds. The number of likely N-dealkylation sites (N-methyl/N-ethyl adjacent to an activating group) is 2. The summed E-state index contributed by atoms with van der Waals surface area (Å²) in [5.74, 6) is 0.0951. The van der Waals surface area contributed by atoms with Gasteiger partial charge in [0.1, 0.15) is 0 Å². The van der Waals surface area contributed by atoms with Crippen LogP contribution in [0.5, 0.6) is 0 Å². The van der Waals surface area contributed by atoms with Gasteiger partial charge in [0.2, 0.25) is 5.91 Å². The number of carbonyl (C=O) groups is 1. The monoisotopic (exact) mass is 248 g/mol. The number of aliphatic hydroxyl groups excluding tert-OH is 1. The van der Waals surface area contributed by atoms with Crippen LogP contribution >= 0.6 is 0 Å². The number of amides is 1. The lowest BCUT2D eigenvalue weighted by molar-refractivity contribution is -0.121. The normalized spacial score (nSPS) is 18.9. The van der Waals surface area contributed by atoms with Gasteiger partial charge in [-0.25, -0.2) is 0 Å². The van der Waals surface area contributed by atoms with Gasteiger partial charge in [-0.05, 0) is 38.1 Å². The van der Waals surface area contributed by atoms with Crippen molar-refractivity contribution in [2.45, 2.75) is 25.4 Å². The van der Waals surface area contributed by atoms with Gasteiger partial charge in [-0.2, -0.15) is 0 Å². The van der Waals surface area contributed by atoms with Crippen molar-refractivity contribution in [1.29, 1.82) is 0 Å². The number of fused-ring (bicyclic) bond motifs is 1. The smallest absolute Gasteiger partial charge is 0.236 e. The Morgan fingerprint density at radius 2 is 2.11 bits per heavy atom. The van der Waals surface area contributed by atoms with Crippen LogP contribution in [-0.4, -0.2) is 31.7 Å². The molecular formula is C14H20N2O2. The molecule has 1 aliphatic rings. The molecule has 1 aliphatic heterocycles. The van der Waals surface area contributed by atoms with Crippen molar-refractivity contribution >= 4 is 11.6 Å². The van der Waals surface area contributed by atoms with E-state index >= 15 is 0 Å². The van der Waals surface area contributed by atoms with Gasteiger partial charge in [0.25, 0.3) is 0 Å². The predicted octanol–water partition coefficient (Wildman–Crippen LogP) is 1.19. The maximum Gasteiger partial charge on any atom is 0.236 e. The van der Waals surface area contributed by atoms with Crippen molar-refractivity contribution in [3.63, 3.8) is 0 Å². The summed E-state index contributed by atoms with van der Waals surface area (Å²) in [7, 11) is 3.59. The Hall–Kier alpha value is -1.39. The van der Waals surface area contributed by atoms with E-state index in [0.29, 0.717) is 6.54 Å². The zero-order valence-electron chi connectivity index (χ0n) is 11.3. The van der Waals surface area contributed by atoms with E-state index in [0.717, 1.165) is 16.8 Å². The largest absolute Gasteiger partial charge is 0.387 e. The van der Waals surface area contributed by atoms with Crippen LogP contribution in [0.25, 0.3) is 0 Å². The predicted molar refractivity (Wildman–Crippen MR) is 71.8 cm³/mol. The third-order valence-electron chi connectivity index (χ3n) is 3.68. The van der Waals surface area contributed by atoms with Crippen LogP contribution in [0.3, 0.4) is 0 Å². The average Bonchev–Trinajstić information content (AvgIpc) is 2.51. The van der Waals surface area contributed by atoms with Gasteiger partial charge in [-0.3, -0.25) is 4.79 Å². The summed E-state index contributed by atoms with van der Waals surface area (Å²) in [4.78, 5) is 13.8. The second-order valence-corrected chi connectivity index (χ2v) is 5.34. The average molecular weight is 248 g/mol. The first kappa shape index (κ1) is 13.1. The number of hydrogen-bond donors (Lipinski definition) is 2. The maximum atomic E-state index is 12.1. The third kappa shape index (κ3) is 1.82. The molecule has 1 unspecified atom stereocenters. The molecule has 0 aromatic heterocycles. The van der Waals surface area contributed by atoms with Crippen LogP contribution in [0.1, 0.15) is 31.1 Å². The van der Waals surface area contributed by atoms with Crippen molar-refractivity contribution in [3.8, 4) is 0 Å². The standard InChI is InChI=1S/C14H20N2O2/c1-14(2)10-7-9(12(17)8-15-3)5-6-11(10)16(4)13(14)18/h5-7,12,15,17H,8H2,1-4H3. The van der Waals surface area contributed by atoms with E-state index in [9.17, 15) is 9.90 Å². The van der Waals surface area contributed by atoms with Crippen molar-refractivity contribution in [2.24, 2.45) is 0 Å². The topological polar surface area (TPSA) is 52.6 Å². The Bertz CT molecular complexity index is 483. The highest BCUT2D eigenvalue weighted by Crippen LogP contribution is 2.41. The molecule has 1 atom stereocenters. The molecule has 0 fully saturated rings. The first-order valence-corrected chi connectivity index (χ1v) is 6.15. The van der Waals surface area contributed by atoms with Gasteiger partial charge in [0.15, 0.2) is 0 Å². The molecule has 0 radical (unpaired) electrons. The molecule has 0 saturated carbocycles. The van der Waals surface area contributed by atoms with Crippen molar-refractivity contribution in [3.05, 3.63) is 29.3 Å². The molecule has 98 valence electrons. The van der Waals surface area contributed by atoms with Crippen LogP contribution in [0, 0.1) is 0 Å². The molecule has 0 bridgehead atoms. The molecule has 0 spiro atoms. The number of aliphatic hydroxyl groups is 1. The van der Waals surface area contributed by atoms with E-state index in [1.165, 1.54) is 0 Å². The Kier molecular flexibility index (Phi) is 3.17. The van der Waals surface area contributed by atoms with Crippen LogP contribution in [0.2, 0.25) is 0 Å². The lowest BCUT2D eigenvalue weighted by Gasteiger charge is -2.17. The minimum atomic E-state index is -0.544. The SMILES string of the molecule is CNCC(O)c1ccc2c(c1)C(C)(C)C(=O)N2C. The summed E-state index contributed by atoms with van der Waals surface area (Å²) in [6.45, 7) is 4.35.